The topological polar surface area (TPSA) is 51.7 Å². The summed E-state index contributed by atoms with van der Waals surface area (Å²) in [4.78, 5) is 25.3. The Hall–Kier alpha value is -1.66. The largest absolute Gasteiger partial charge is 0.355 e. The molecule has 0 radical (unpaired) electrons. The molecule has 158 valence electrons. The minimum absolute atomic E-state index is 0.134. The van der Waals surface area contributed by atoms with E-state index >= 15 is 0 Å². The van der Waals surface area contributed by atoms with Gasteiger partial charge in [-0.2, -0.15) is 0 Å². The van der Waals surface area contributed by atoms with Gasteiger partial charge in [-0.25, -0.2) is 4.98 Å². The highest BCUT2D eigenvalue weighted by molar-refractivity contribution is 6.00. The molecule has 4 saturated heterocycles. The Bertz CT molecular complexity index is 775. The normalized spacial score (nSPS) is 30.1. The average molecular weight is 398 g/mol. The number of hydrogen-bond donors (Lipinski definition) is 1. The van der Waals surface area contributed by atoms with E-state index in [2.05, 4.69) is 41.1 Å². The molecule has 6 heteroatoms. The minimum atomic E-state index is -0.134. The van der Waals surface area contributed by atoms with Gasteiger partial charge >= 0.3 is 0 Å². The number of piperidine rings is 1. The third kappa shape index (κ3) is 3.34. The fourth-order valence-electron chi connectivity index (χ4n) is 6.14. The third-order valence-corrected chi connectivity index (χ3v) is 7.97. The van der Waals surface area contributed by atoms with Gasteiger partial charge in [0.1, 0.15) is 5.82 Å². The van der Waals surface area contributed by atoms with Gasteiger partial charge in [-0.05, 0) is 84.1 Å². The second kappa shape index (κ2) is 7.55. The van der Waals surface area contributed by atoms with Crippen molar-refractivity contribution in [3.8, 4) is 0 Å². The molecule has 1 aromatic rings. The molecule has 4 aliphatic rings. The summed E-state index contributed by atoms with van der Waals surface area (Å²) in [6.45, 7) is 10.6. The number of anilines is 2. The molecule has 0 saturated carbocycles. The van der Waals surface area contributed by atoms with Crippen molar-refractivity contribution < 1.29 is 4.79 Å². The molecule has 29 heavy (non-hydrogen) atoms. The number of nitrogens with one attached hydrogen (secondary N) is 1. The van der Waals surface area contributed by atoms with Crippen LogP contribution in [0.3, 0.4) is 0 Å². The number of carbonyl (C=O) groups is 1. The van der Waals surface area contributed by atoms with Crippen molar-refractivity contribution in [2.75, 3.05) is 49.1 Å². The third-order valence-electron chi connectivity index (χ3n) is 7.97. The Labute approximate surface area is 174 Å². The fourth-order valence-corrected chi connectivity index (χ4v) is 6.14. The Balaban J connectivity index is 1.29. The van der Waals surface area contributed by atoms with Crippen molar-refractivity contribution in [1.29, 1.82) is 0 Å². The van der Waals surface area contributed by atoms with Crippen LogP contribution >= 0.6 is 0 Å². The summed E-state index contributed by atoms with van der Waals surface area (Å²) < 4.78 is 0. The summed E-state index contributed by atoms with van der Waals surface area (Å²) in [6, 6.07) is 5.66. The number of hydrogen-bond acceptors (Lipinski definition) is 5. The monoisotopic (exact) mass is 397 g/mol. The molecular weight excluding hydrogens is 362 g/mol. The van der Waals surface area contributed by atoms with Crippen LogP contribution in [0.25, 0.3) is 0 Å². The molecule has 1 spiro atoms. The number of aryl methyl sites for hydroxylation is 1. The molecule has 4 aliphatic heterocycles. The van der Waals surface area contributed by atoms with Gasteiger partial charge in [0.2, 0.25) is 5.91 Å². The standard InChI is InChI=1S/C23H35N5O/c1-17-4-3-13-27(17)19-7-14-26(16-19)21-6-5-20(18(2)25-21)28-15-10-23(22(28)29)8-11-24-12-9-23/h5-6,17,19,24H,3-4,7-16H2,1-2H3/t17-,19-/m0/s1. The summed E-state index contributed by atoms with van der Waals surface area (Å²) in [5.41, 5.74) is 1.86. The van der Waals surface area contributed by atoms with Gasteiger partial charge in [0.25, 0.3) is 0 Å². The lowest BCUT2D eigenvalue weighted by atomic mass is 9.77. The van der Waals surface area contributed by atoms with E-state index in [-0.39, 0.29) is 5.41 Å². The van der Waals surface area contributed by atoms with E-state index in [9.17, 15) is 4.79 Å². The first-order valence-electron chi connectivity index (χ1n) is 11.6. The maximum Gasteiger partial charge on any atom is 0.233 e. The molecule has 2 atom stereocenters. The molecule has 6 nitrogen and oxygen atoms in total. The first-order valence-corrected chi connectivity index (χ1v) is 11.6. The molecule has 4 fully saturated rings. The maximum absolute atomic E-state index is 13.3. The van der Waals surface area contributed by atoms with Crippen LogP contribution in [-0.2, 0) is 4.79 Å². The lowest BCUT2D eigenvalue weighted by Gasteiger charge is -2.32. The van der Waals surface area contributed by atoms with Crippen LogP contribution in [0.15, 0.2) is 12.1 Å². The molecule has 5 rings (SSSR count). The first-order chi connectivity index (χ1) is 14.1. The molecule has 0 aromatic carbocycles. The van der Waals surface area contributed by atoms with Gasteiger partial charge < -0.3 is 15.1 Å². The summed E-state index contributed by atoms with van der Waals surface area (Å²) in [7, 11) is 0. The van der Waals surface area contributed by atoms with Crippen molar-refractivity contribution in [3.63, 3.8) is 0 Å². The van der Waals surface area contributed by atoms with Crippen molar-refractivity contribution >= 4 is 17.4 Å². The number of carbonyl (C=O) groups excluding carboxylic acids is 1. The van der Waals surface area contributed by atoms with E-state index in [1.54, 1.807) is 0 Å². The fraction of sp³-hybridized carbons (Fsp3) is 0.739. The van der Waals surface area contributed by atoms with Crippen LogP contribution in [0.2, 0.25) is 0 Å². The highest BCUT2D eigenvalue weighted by Crippen LogP contribution is 2.42. The van der Waals surface area contributed by atoms with Crippen molar-refractivity contribution in [2.45, 2.75) is 64.5 Å². The summed E-state index contributed by atoms with van der Waals surface area (Å²) >= 11 is 0. The second-order valence-corrected chi connectivity index (χ2v) is 9.63. The second-order valence-electron chi connectivity index (χ2n) is 9.63. The number of amides is 1. The quantitative estimate of drug-likeness (QED) is 0.850. The zero-order chi connectivity index (χ0) is 20.0. The van der Waals surface area contributed by atoms with E-state index in [0.29, 0.717) is 11.9 Å². The molecule has 1 amide bonds. The van der Waals surface area contributed by atoms with Gasteiger partial charge in [-0.1, -0.05) is 0 Å². The summed E-state index contributed by atoms with van der Waals surface area (Å²) in [6.07, 6.45) is 6.83. The number of aromatic nitrogens is 1. The SMILES string of the molecule is Cc1nc(N2CC[C@H](N3CCC[C@@H]3C)C2)ccc1N1CCC2(CCNCC2)C1=O. The highest BCUT2D eigenvalue weighted by atomic mass is 16.2. The van der Waals surface area contributed by atoms with Gasteiger partial charge in [0.05, 0.1) is 16.8 Å². The Morgan fingerprint density at radius 3 is 2.66 bits per heavy atom. The van der Waals surface area contributed by atoms with Crippen LogP contribution in [0.4, 0.5) is 11.5 Å². The van der Waals surface area contributed by atoms with Gasteiger partial charge in [0, 0.05) is 31.7 Å². The maximum atomic E-state index is 13.3. The molecule has 1 N–H and O–H groups in total. The first kappa shape index (κ1) is 19.3. The molecular formula is C23H35N5O. The van der Waals surface area contributed by atoms with Crippen molar-refractivity contribution in [2.24, 2.45) is 5.41 Å². The molecule has 0 unspecified atom stereocenters. The smallest absolute Gasteiger partial charge is 0.233 e. The summed E-state index contributed by atoms with van der Waals surface area (Å²) in [5, 5.41) is 3.40. The van der Waals surface area contributed by atoms with E-state index in [4.69, 9.17) is 4.98 Å². The van der Waals surface area contributed by atoms with Crippen LogP contribution in [0, 0.1) is 12.3 Å². The zero-order valence-electron chi connectivity index (χ0n) is 18.0. The summed E-state index contributed by atoms with van der Waals surface area (Å²) in [5.74, 6) is 1.39. The lowest BCUT2D eigenvalue weighted by molar-refractivity contribution is -0.126. The minimum Gasteiger partial charge on any atom is -0.355 e. The van der Waals surface area contributed by atoms with Crippen molar-refractivity contribution in [1.82, 2.24) is 15.2 Å². The zero-order valence-corrected chi connectivity index (χ0v) is 18.0. The van der Waals surface area contributed by atoms with E-state index in [0.717, 1.165) is 75.2 Å². The number of likely N-dealkylation sites (tertiary alicyclic amines) is 1. The molecule has 0 aliphatic carbocycles. The Morgan fingerprint density at radius 1 is 1.10 bits per heavy atom. The van der Waals surface area contributed by atoms with E-state index in [1.807, 2.05) is 4.90 Å². The number of pyridine rings is 1. The average Bonchev–Trinajstić information content (AvgIpc) is 3.44. The Morgan fingerprint density at radius 2 is 1.93 bits per heavy atom. The Kier molecular flexibility index (Phi) is 5.03. The van der Waals surface area contributed by atoms with Gasteiger partial charge in [0.15, 0.2) is 0 Å². The van der Waals surface area contributed by atoms with Gasteiger partial charge in [-0.3, -0.25) is 9.69 Å². The van der Waals surface area contributed by atoms with Gasteiger partial charge in [-0.15, -0.1) is 0 Å². The molecule has 0 bridgehead atoms. The van der Waals surface area contributed by atoms with Crippen LogP contribution in [0.5, 0.6) is 0 Å². The number of nitrogens with zero attached hydrogens (tertiary/aromatic N) is 4. The van der Waals surface area contributed by atoms with E-state index in [1.165, 1.54) is 25.8 Å². The highest BCUT2D eigenvalue weighted by Gasteiger charge is 2.47. The predicted molar refractivity (Wildman–Crippen MR) is 117 cm³/mol. The number of rotatable bonds is 3. The van der Waals surface area contributed by atoms with Crippen LogP contribution < -0.4 is 15.1 Å². The predicted octanol–water partition coefficient (Wildman–Crippen LogP) is 2.56. The lowest BCUT2D eigenvalue weighted by Crippen LogP contribution is -2.42. The van der Waals surface area contributed by atoms with Crippen LogP contribution in [0.1, 0.15) is 51.1 Å². The molecule has 5 heterocycles. The van der Waals surface area contributed by atoms with E-state index < -0.39 is 0 Å². The molecule has 1 aromatic heterocycles. The van der Waals surface area contributed by atoms with Crippen molar-refractivity contribution in [3.05, 3.63) is 17.8 Å². The van der Waals surface area contributed by atoms with Crippen LogP contribution in [-0.4, -0.2) is 67.1 Å².